The number of pyridine rings is 1. The van der Waals surface area contributed by atoms with E-state index in [1.54, 1.807) is 24.4 Å². The number of fused-ring (bicyclic) bond motifs is 1. The van der Waals surface area contributed by atoms with Crippen molar-refractivity contribution in [2.24, 2.45) is 0 Å². The first-order valence-corrected chi connectivity index (χ1v) is 12.0. The average Bonchev–Trinajstić information content (AvgIpc) is 3.27. The maximum Gasteiger partial charge on any atom is 0.252 e. The Morgan fingerprint density at radius 2 is 1.78 bits per heavy atom. The maximum absolute atomic E-state index is 13.6. The molecule has 5 aromatic rings. The fourth-order valence-electron chi connectivity index (χ4n) is 4.35. The minimum absolute atomic E-state index is 0.228. The van der Waals surface area contributed by atoms with Crippen LogP contribution in [0.25, 0.3) is 27.8 Å². The van der Waals surface area contributed by atoms with Gasteiger partial charge < -0.3 is 5.32 Å². The standard InChI is InChI=1S/C30H27FN4O/c1-19(2)22-11-13-24(14-12-22)35-20(3)27(18-33-35)29-16-26(25-9-4-5-10-28(25)34-29)30(36)32-17-21-7-6-8-23(31)15-21/h4-16,18-19H,17H2,1-3H3,(H,32,36). The third-order valence-electron chi connectivity index (χ3n) is 6.39. The zero-order valence-electron chi connectivity index (χ0n) is 20.5. The first-order chi connectivity index (χ1) is 17.4. The summed E-state index contributed by atoms with van der Waals surface area (Å²) in [5.41, 5.74) is 6.63. The van der Waals surface area contributed by atoms with Crippen molar-refractivity contribution in [3.8, 4) is 16.9 Å². The molecule has 0 unspecified atom stereocenters. The van der Waals surface area contributed by atoms with Crippen LogP contribution in [-0.4, -0.2) is 20.7 Å². The van der Waals surface area contributed by atoms with Crippen LogP contribution in [0.15, 0.2) is 85.1 Å². The number of rotatable bonds is 6. The van der Waals surface area contributed by atoms with Gasteiger partial charge in [0.05, 0.1) is 34.4 Å². The van der Waals surface area contributed by atoms with Gasteiger partial charge in [0.2, 0.25) is 0 Å². The molecule has 0 aliphatic rings. The van der Waals surface area contributed by atoms with Gasteiger partial charge in [-0.2, -0.15) is 5.10 Å². The fraction of sp³-hybridized carbons (Fsp3) is 0.167. The van der Waals surface area contributed by atoms with Crippen LogP contribution in [0.2, 0.25) is 0 Å². The Hall–Kier alpha value is -4.32. The highest BCUT2D eigenvalue weighted by atomic mass is 19.1. The predicted molar refractivity (Wildman–Crippen MR) is 141 cm³/mol. The quantitative estimate of drug-likeness (QED) is 0.300. The monoisotopic (exact) mass is 478 g/mol. The molecule has 0 bridgehead atoms. The lowest BCUT2D eigenvalue weighted by Crippen LogP contribution is -2.23. The number of halogens is 1. The van der Waals surface area contributed by atoms with Gasteiger partial charge in [-0.15, -0.1) is 0 Å². The molecule has 0 atom stereocenters. The SMILES string of the molecule is Cc1c(-c2cc(C(=O)NCc3cccc(F)c3)c3ccccc3n2)cnn1-c1ccc(C(C)C)cc1. The molecule has 5 rings (SSSR count). The van der Waals surface area contributed by atoms with E-state index in [-0.39, 0.29) is 18.3 Å². The molecule has 3 aromatic carbocycles. The van der Waals surface area contributed by atoms with E-state index >= 15 is 0 Å². The lowest BCUT2D eigenvalue weighted by atomic mass is 10.0. The Morgan fingerprint density at radius 3 is 2.53 bits per heavy atom. The first kappa shape index (κ1) is 23.4. The molecular formula is C30H27FN4O. The summed E-state index contributed by atoms with van der Waals surface area (Å²) in [5, 5.41) is 8.29. The Bertz CT molecular complexity index is 1550. The number of para-hydroxylation sites is 1. The molecule has 1 amide bonds. The second kappa shape index (κ2) is 9.74. The smallest absolute Gasteiger partial charge is 0.252 e. The molecule has 6 heteroatoms. The maximum atomic E-state index is 13.6. The highest BCUT2D eigenvalue weighted by molar-refractivity contribution is 6.07. The normalized spacial score (nSPS) is 11.2. The highest BCUT2D eigenvalue weighted by Crippen LogP contribution is 2.28. The molecule has 2 heterocycles. The summed E-state index contributed by atoms with van der Waals surface area (Å²) < 4.78 is 15.4. The number of nitrogens with one attached hydrogen (secondary N) is 1. The van der Waals surface area contributed by atoms with Gasteiger partial charge in [0.25, 0.3) is 5.91 Å². The van der Waals surface area contributed by atoms with Gasteiger partial charge in [0.15, 0.2) is 0 Å². The molecule has 1 N–H and O–H groups in total. The summed E-state index contributed by atoms with van der Waals surface area (Å²) in [7, 11) is 0. The number of carbonyl (C=O) groups excluding carboxylic acids is 1. The van der Waals surface area contributed by atoms with Crippen LogP contribution in [-0.2, 0) is 6.54 Å². The van der Waals surface area contributed by atoms with Crippen LogP contribution in [0.3, 0.4) is 0 Å². The van der Waals surface area contributed by atoms with Crippen LogP contribution in [0.4, 0.5) is 4.39 Å². The third kappa shape index (κ3) is 4.62. The number of nitrogens with zero attached hydrogens (tertiary/aromatic N) is 3. The molecule has 0 aliphatic heterocycles. The van der Waals surface area contributed by atoms with Crippen molar-refractivity contribution in [1.82, 2.24) is 20.1 Å². The molecule has 0 fully saturated rings. The van der Waals surface area contributed by atoms with Gasteiger partial charge in [-0.3, -0.25) is 4.79 Å². The van der Waals surface area contributed by atoms with Crippen molar-refractivity contribution in [3.63, 3.8) is 0 Å². The molecule has 2 aromatic heterocycles. The van der Waals surface area contributed by atoms with Crippen molar-refractivity contribution in [1.29, 1.82) is 0 Å². The van der Waals surface area contributed by atoms with Gasteiger partial charge >= 0.3 is 0 Å². The molecule has 0 aliphatic carbocycles. The molecule has 5 nitrogen and oxygen atoms in total. The van der Waals surface area contributed by atoms with E-state index in [0.717, 1.165) is 27.8 Å². The Morgan fingerprint density at radius 1 is 1.00 bits per heavy atom. The number of hydrogen-bond donors (Lipinski definition) is 1. The predicted octanol–water partition coefficient (Wildman–Crippen LogP) is 6.59. The lowest BCUT2D eigenvalue weighted by molar-refractivity contribution is 0.0952. The molecular weight excluding hydrogens is 451 g/mol. The summed E-state index contributed by atoms with van der Waals surface area (Å²) in [6, 6.07) is 24.0. The Kier molecular flexibility index (Phi) is 6.34. The van der Waals surface area contributed by atoms with Gasteiger partial charge in [0.1, 0.15) is 5.82 Å². The minimum Gasteiger partial charge on any atom is -0.348 e. The average molecular weight is 479 g/mol. The van der Waals surface area contributed by atoms with Gasteiger partial charge in [0, 0.05) is 17.5 Å². The number of hydrogen-bond acceptors (Lipinski definition) is 3. The van der Waals surface area contributed by atoms with Crippen molar-refractivity contribution in [2.45, 2.75) is 33.2 Å². The van der Waals surface area contributed by atoms with Gasteiger partial charge in [-0.1, -0.05) is 56.3 Å². The topological polar surface area (TPSA) is 59.8 Å². The molecule has 0 saturated heterocycles. The van der Waals surface area contributed by atoms with Crippen LogP contribution in [0.5, 0.6) is 0 Å². The lowest BCUT2D eigenvalue weighted by Gasteiger charge is -2.11. The summed E-state index contributed by atoms with van der Waals surface area (Å²) in [6.45, 7) is 6.57. The minimum atomic E-state index is -0.329. The second-order valence-electron chi connectivity index (χ2n) is 9.19. The van der Waals surface area contributed by atoms with E-state index in [9.17, 15) is 9.18 Å². The summed E-state index contributed by atoms with van der Waals surface area (Å²) in [4.78, 5) is 18.1. The van der Waals surface area contributed by atoms with Crippen molar-refractivity contribution < 1.29 is 9.18 Å². The van der Waals surface area contributed by atoms with E-state index in [4.69, 9.17) is 4.98 Å². The summed E-state index contributed by atoms with van der Waals surface area (Å²) in [6.07, 6.45) is 1.79. The highest BCUT2D eigenvalue weighted by Gasteiger charge is 2.17. The van der Waals surface area contributed by atoms with Crippen LogP contribution in [0, 0.1) is 12.7 Å². The van der Waals surface area contributed by atoms with Crippen molar-refractivity contribution in [3.05, 3.63) is 113 Å². The van der Waals surface area contributed by atoms with Crippen LogP contribution in [0.1, 0.15) is 46.9 Å². The Balaban J connectivity index is 1.50. The van der Waals surface area contributed by atoms with Crippen LogP contribution >= 0.6 is 0 Å². The number of amides is 1. The molecule has 0 spiro atoms. The van der Waals surface area contributed by atoms with E-state index < -0.39 is 0 Å². The second-order valence-corrected chi connectivity index (χ2v) is 9.19. The fourth-order valence-corrected chi connectivity index (χ4v) is 4.35. The van der Waals surface area contributed by atoms with Crippen LogP contribution < -0.4 is 5.32 Å². The number of aromatic nitrogens is 3. The van der Waals surface area contributed by atoms with Gasteiger partial charge in [-0.25, -0.2) is 14.1 Å². The first-order valence-electron chi connectivity index (χ1n) is 12.0. The number of carbonyl (C=O) groups is 1. The van der Waals surface area contributed by atoms with E-state index in [1.807, 2.05) is 35.9 Å². The van der Waals surface area contributed by atoms with E-state index in [1.165, 1.54) is 17.7 Å². The molecule has 180 valence electrons. The van der Waals surface area contributed by atoms with Gasteiger partial charge in [-0.05, 0) is 60.4 Å². The van der Waals surface area contributed by atoms with E-state index in [0.29, 0.717) is 22.7 Å². The van der Waals surface area contributed by atoms with Crippen molar-refractivity contribution in [2.75, 3.05) is 0 Å². The Labute approximate surface area is 209 Å². The summed E-state index contributed by atoms with van der Waals surface area (Å²) in [5.74, 6) is -0.112. The molecule has 36 heavy (non-hydrogen) atoms. The zero-order valence-corrected chi connectivity index (χ0v) is 20.5. The molecule has 0 saturated carbocycles. The van der Waals surface area contributed by atoms with E-state index in [2.05, 4.69) is 48.5 Å². The largest absolute Gasteiger partial charge is 0.348 e. The third-order valence-corrected chi connectivity index (χ3v) is 6.39. The number of benzene rings is 3. The molecule has 0 radical (unpaired) electrons. The summed E-state index contributed by atoms with van der Waals surface area (Å²) >= 11 is 0. The zero-order chi connectivity index (χ0) is 25.2. The van der Waals surface area contributed by atoms with Crippen molar-refractivity contribution >= 4 is 16.8 Å².